The number of benzene rings is 2. The van der Waals surface area contributed by atoms with Crippen molar-refractivity contribution >= 4 is 16.9 Å². The molecule has 0 aliphatic carbocycles. The Labute approximate surface area is 136 Å². The van der Waals surface area contributed by atoms with Crippen LogP contribution in [0.5, 0.6) is 11.5 Å². The molecule has 23 heavy (non-hydrogen) atoms. The van der Waals surface area contributed by atoms with Crippen molar-refractivity contribution in [2.45, 2.75) is 26.4 Å². The molecule has 0 amide bonds. The van der Waals surface area contributed by atoms with Crippen LogP contribution in [0.1, 0.15) is 20.8 Å². The summed E-state index contributed by atoms with van der Waals surface area (Å²) in [6, 6.07) is 11.0. The smallest absolute Gasteiger partial charge is 0.496 e. The van der Waals surface area contributed by atoms with E-state index in [9.17, 15) is 4.79 Å². The molecule has 0 atom stereocenters. The molecule has 2 rings (SSSR count). The molecule has 2 aromatic rings. The fourth-order valence-electron chi connectivity index (χ4n) is 2.10. The summed E-state index contributed by atoms with van der Waals surface area (Å²) in [6.07, 6.45) is -0.752. The monoisotopic (exact) mass is 318 g/mol. The molecule has 0 aliphatic rings. The SMILES string of the molecule is COc1ccc(OC(=O)OCCOC(C)(C)C)c2ccccc12. The van der Waals surface area contributed by atoms with E-state index < -0.39 is 6.16 Å². The standard InChI is InChI=1S/C18H22O5/c1-18(2,3)22-12-11-21-17(19)23-16-10-9-15(20-4)13-7-5-6-8-14(13)16/h5-10H,11-12H2,1-4H3. The molecule has 2 aromatic carbocycles. The number of hydrogen-bond donors (Lipinski definition) is 0. The van der Waals surface area contributed by atoms with Crippen LogP contribution in [0.4, 0.5) is 4.79 Å². The first kappa shape index (κ1) is 17.1. The van der Waals surface area contributed by atoms with E-state index in [1.807, 2.05) is 45.0 Å². The van der Waals surface area contributed by atoms with Crippen molar-refractivity contribution in [2.24, 2.45) is 0 Å². The Hall–Kier alpha value is -2.27. The molecule has 0 saturated carbocycles. The quantitative estimate of drug-likeness (QED) is 0.470. The summed E-state index contributed by atoms with van der Waals surface area (Å²) in [4.78, 5) is 11.8. The third-order valence-electron chi connectivity index (χ3n) is 3.10. The highest BCUT2D eigenvalue weighted by molar-refractivity contribution is 5.94. The largest absolute Gasteiger partial charge is 0.513 e. The molecule has 0 bridgehead atoms. The van der Waals surface area contributed by atoms with Gasteiger partial charge in [0.15, 0.2) is 0 Å². The minimum Gasteiger partial charge on any atom is -0.496 e. The lowest BCUT2D eigenvalue weighted by molar-refractivity contribution is -0.0275. The molecule has 0 aliphatic heterocycles. The van der Waals surface area contributed by atoms with Gasteiger partial charge in [0, 0.05) is 10.8 Å². The van der Waals surface area contributed by atoms with Gasteiger partial charge in [-0.05, 0) is 32.9 Å². The molecule has 5 heteroatoms. The van der Waals surface area contributed by atoms with Gasteiger partial charge in [0.25, 0.3) is 0 Å². The van der Waals surface area contributed by atoms with Crippen LogP contribution in [0, 0.1) is 0 Å². The van der Waals surface area contributed by atoms with E-state index >= 15 is 0 Å². The van der Waals surface area contributed by atoms with Gasteiger partial charge < -0.3 is 18.9 Å². The van der Waals surface area contributed by atoms with Crippen LogP contribution in [0.25, 0.3) is 10.8 Å². The fourth-order valence-corrected chi connectivity index (χ4v) is 2.10. The minimum absolute atomic E-state index is 0.143. The summed E-state index contributed by atoms with van der Waals surface area (Å²) in [5, 5.41) is 1.66. The number of carbonyl (C=O) groups excluding carboxylic acids is 1. The van der Waals surface area contributed by atoms with Crippen LogP contribution in [-0.2, 0) is 9.47 Å². The Morgan fingerprint density at radius 3 is 2.17 bits per heavy atom. The first-order valence-corrected chi connectivity index (χ1v) is 7.45. The summed E-state index contributed by atoms with van der Waals surface area (Å²) in [7, 11) is 1.60. The van der Waals surface area contributed by atoms with Gasteiger partial charge in [-0.2, -0.15) is 0 Å². The van der Waals surface area contributed by atoms with E-state index in [1.165, 1.54) is 0 Å². The van der Waals surface area contributed by atoms with Crippen LogP contribution >= 0.6 is 0 Å². The Kier molecular flexibility index (Phi) is 5.45. The molecule has 0 spiro atoms. The summed E-state index contributed by atoms with van der Waals surface area (Å²) in [5.41, 5.74) is -0.264. The number of fused-ring (bicyclic) bond motifs is 1. The molecular formula is C18H22O5. The van der Waals surface area contributed by atoms with Gasteiger partial charge in [-0.3, -0.25) is 0 Å². The second kappa shape index (κ2) is 7.33. The first-order chi connectivity index (χ1) is 10.9. The molecule has 124 valence electrons. The zero-order chi connectivity index (χ0) is 16.9. The van der Waals surface area contributed by atoms with E-state index in [4.69, 9.17) is 18.9 Å². The van der Waals surface area contributed by atoms with Crippen molar-refractivity contribution in [3.05, 3.63) is 36.4 Å². The van der Waals surface area contributed by atoms with Crippen LogP contribution in [0.2, 0.25) is 0 Å². The summed E-state index contributed by atoms with van der Waals surface area (Å²) < 4.78 is 21.1. The molecule has 0 heterocycles. The Balaban J connectivity index is 2.00. The van der Waals surface area contributed by atoms with E-state index in [1.54, 1.807) is 19.2 Å². The molecule has 0 fully saturated rings. The topological polar surface area (TPSA) is 54.0 Å². The number of carbonyl (C=O) groups is 1. The number of rotatable bonds is 5. The lowest BCUT2D eigenvalue weighted by Crippen LogP contribution is -2.23. The molecule has 0 N–H and O–H groups in total. The maximum absolute atomic E-state index is 11.8. The van der Waals surface area contributed by atoms with Crippen molar-refractivity contribution < 1.29 is 23.7 Å². The van der Waals surface area contributed by atoms with Gasteiger partial charge in [0.2, 0.25) is 0 Å². The third-order valence-corrected chi connectivity index (χ3v) is 3.10. The first-order valence-electron chi connectivity index (χ1n) is 7.45. The van der Waals surface area contributed by atoms with E-state index in [-0.39, 0.29) is 12.2 Å². The van der Waals surface area contributed by atoms with Crippen LogP contribution in [-0.4, -0.2) is 32.1 Å². The van der Waals surface area contributed by atoms with Crippen molar-refractivity contribution in [3.63, 3.8) is 0 Å². The van der Waals surface area contributed by atoms with E-state index in [2.05, 4.69) is 0 Å². The second-order valence-corrected chi connectivity index (χ2v) is 5.97. The molecule has 5 nitrogen and oxygen atoms in total. The lowest BCUT2D eigenvalue weighted by Gasteiger charge is -2.19. The van der Waals surface area contributed by atoms with Gasteiger partial charge >= 0.3 is 6.16 Å². The van der Waals surface area contributed by atoms with Gasteiger partial charge in [-0.25, -0.2) is 4.79 Å². The second-order valence-electron chi connectivity index (χ2n) is 5.97. The molecule has 0 aromatic heterocycles. The highest BCUT2D eigenvalue weighted by Crippen LogP contribution is 2.32. The predicted octanol–water partition coefficient (Wildman–Crippen LogP) is 4.18. The zero-order valence-corrected chi connectivity index (χ0v) is 13.9. The maximum Gasteiger partial charge on any atom is 0.513 e. The Bertz CT molecular complexity index is 673. The van der Waals surface area contributed by atoms with Crippen LogP contribution in [0.3, 0.4) is 0 Å². The molecule has 0 radical (unpaired) electrons. The summed E-state index contributed by atoms with van der Waals surface area (Å²) >= 11 is 0. The van der Waals surface area contributed by atoms with Crippen molar-refractivity contribution in [1.29, 1.82) is 0 Å². The molecular weight excluding hydrogens is 296 g/mol. The average molecular weight is 318 g/mol. The van der Waals surface area contributed by atoms with Gasteiger partial charge in [-0.15, -0.1) is 0 Å². The van der Waals surface area contributed by atoms with Crippen LogP contribution in [0.15, 0.2) is 36.4 Å². The number of hydrogen-bond acceptors (Lipinski definition) is 5. The third kappa shape index (κ3) is 4.86. The molecule has 0 unspecified atom stereocenters. The van der Waals surface area contributed by atoms with Crippen molar-refractivity contribution in [1.82, 2.24) is 0 Å². The Morgan fingerprint density at radius 1 is 0.957 bits per heavy atom. The minimum atomic E-state index is -0.752. The number of methoxy groups -OCH3 is 1. The van der Waals surface area contributed by atoms with Crippen LogP contribution < -0.4 is 9.47 Å². The molecule has 0 saturated heterocycles. The van der Waals surface area contributed by atoms with Gasteiger partial charge in [0.05, 0.1) is 19.3 Å². The van der Waals surface area contributed by atoms with Crippen molar-refractivity contribution in [3.8, 4) is 11.5 Å². The highest BCUT2D eigenvalue weighted by Gasteiger charge is 2.13. The highest BCUT2D eigenvalue weighted by atomic mass is 16.7. The Morgan fingerprint density at radius 2 is 1.57 bits per heavy atom. The summed E-state index contributed by atoms with van der Waals surface area (Å²) in [5.74, 6) is 1.16. The van der Waals surface area contributed by atoms with E-state index in [0.29, 0.717) is 12.4 Å². The normalized spacial score (nSPS) is 11.3. The maximum atomic E-state index is 11.8. The summed E-state index contributed by atoms with van der Waals surface area (Å²) in [6.45, 7) is 6.28. The average Bonchev–Trinajstić information content (AvgIpc) is 2.51. The van der Waals surface area contributed by atoms with Crippen molar-refractivity contribution in [2.75, 3.05) is 20.3 Å². The van der Waals surface area contributed by atoms with E-state index in [0.717, 1.165) is 16.5 Å². The fraction of sp³-hybridized carbons (Fsp3) is 0.389. The zero-order valence-electron chi connectivity index (χ0n) is 13.9. The number of ether oxygens (including phenoxy) is 4. The predicted molar refractivity (Wildman–Crippen MR) is 88.2 cm³/mol. The van der Waals surface area contributed by atoms with Gasteiger partial charge in [-0.1, -0.05) is 24.3 Å². The lowest BCUT2D eigenvalue weighted by atomic mass is 10.1. The van der Waals surface area contributed by atoms with Gasteiger partial charge in [0.1, 0.15) is 18.1 Å².